The molecule has 0 amide bonds. The maximum Gasteiger partial charge on any atom is 0.191 e. The van der Waals surface area contributed by atoms with Crippen LogP contribution in [0.3, 0.4) is 0 Å². The third-order valence-electron chi connectivity index (χ3n) is 3.02. The molecule has 0 saturated carbocycles. The molecule has 1 unspecified atom stereocenters. The van der Waals surface area contributed by atoms with Gasteiger partial charge in [0.1, 0.15) is 5.82 Å². The van der Waals surface area contributed by atoms with Gasteiger partial charge in [0.05, 0.1) is 6.04 Å². The van der Waals surface area contributed by atoms with Gasteiger partial charge in [-0.25, -0.2) is 4.39 Å². The van der Waals surface area contributed by atoms with Crippen molar-refractivity contribution in [1.29, 1.82) is 0 Å². The zero-order chi connectivity index (χ0) is 15.8. The van der Waals surface area contributed by atoms with Crippen LogP contribution in [0.4, 0.5) is 4.39 Å². The summed E-state index contributed by atoms with van der Waals surface area (Å²) in [5, 5.41) is 8.73. The van der Waals surface area contributed by atoms with Crippen molar-refractivity contribution in [3.05, 3.63) is 52.5 Å². The second-order valence-corrected chi connectivity index (χ2v) is 6.83. The standard InChI is InChI=1S/C16H20FN3S2/c1-12(15-4-3-10-22-15)20-16(18-2)19-9-11-21-14-7-5-13(17)6-8-14/h3-8,10,12H,9,11H2,1-2H3,(H2,18,19,20). The van der Waals surface area contributed by atoms with E-state index in [0.717, 1.165) is 23.2 Å². The van der Waals surface area contributed by atoms with Crippen LogP contribution in [0.1, 0.15) is 17.8 Å². The van der Waals surface area contributed by atoms with Crippen LogP contribution < -0.4 is 10.6 Å². The Hall–Kier alpha value is -1.53. The van der Waals surface area contributed by atoms with E-state index in [1.165, 1.54) is 17.0 Å². The predicted molar refractivity (Wildman–Crippen MR) is 94.4 cm³/mol. The molecule has 118 valence electrons. The largest absolute Gasteiger partial charge is 0.356 e. The fourth-order valence-corrected chi connectivity index (χ4v) is 3.38. The van der Waals surface area contributed by atoms with Crippen LogP contribution in [0.2, 0.25) is 0 Å². The molecule has 2 rings (SSSR count). The molecule has 0 fully saturated rings. The number of hydrogen-bond donors (Lipinski definition) is 2. The van der Waals surface area contributed by atoms with Crippen molar-refractivity contribution in [3.63, 3.8) is 0 Å². The number of aliphatic imine (C=N–C) groups is 1. The molecule has 2 N–H and O–H groups in total. The lowest BCUT2D eigenvalue weighted by molar-refractivity contribution is 0.626. The Morgan fingerprint density at radius 1 is 1.32 bits per heavy atom. The summed E-state index contributed by atoms with van der Waals surface area (Å²) >= 11 is 3.42. The Kier molecular flexibility index (Phi) is 6.74. The molecule has 0 aliphatic carbocycles. The van der Waals surface area contributed by atoms with Gasteiger partial charge in [-0.1, -0.05) is 6.07 Å². The molecule has 0 aliphatic heterocycles. The molecule has 0 spiro atoms. The molecule has 1 heterocycles. The summed E-state index contributed by atoms with van der Waals surface area (Å²) in [5.74, 6) is 1.48. The zero-order valence-electron chi connectivity index (χ0n) is 12.7. The van der Waals surface area contributed by atoms with Crippen LogP contribution in [0.5, 0.6) is 0 Å². The van der Waals surface area contributed by atoms with Gasteiger partial charge in [-0.2, -0.15) is 0 Å². The lowest BCUT2D eigenvalue weighted by Gasteiger charge is -2.16. The number of guanidine groups is 1. The highest BCUT2D eigenvalue weighted by molar-refractivity contribution is 7.99. The molecule has 22 heavy (non-hydrogen) atoms. The summed E-state index contributed by atoms with van der Waals surface area (Å²) < 4.78 is 12.8. The lowest BCUT2D eigenvalue weighted by atomic mass is 10.3. The Morgan fingerprint density at radius 2 is 2.09 bits per heavy atom. The molecule has 0 aliphatic rings. The van der Waals surface area contributed by atoms with Crippen molar-refractivity contribution < 1.29 is 4.39 Å². The van der Waals surface area contributed by atoms with Crippen LogP contribution in [-0.2, 0) is 0 Å². The fourth-order valence-electron chi connectivity index (χ4n) is 1.88. The molecule has 3 nitrogen and oxygen atoms in total. The molecule has 0 bridgehead atoms. The molecule has 1 atom stereocenters. The number of benzene rings is 1. The summed E-state index contributed by atoms with van der Waals surface area (Å²) in [6, 6.07) is 11.0. The van der Waals surface area contributed by atoms with E-state index in [4.69, 9.17) is 0 Å². The highest BCUT2D eigenvalue weighted by Gasteiger charge is 2.08. The first-order valence-corrected chi connectivity index (χ1v) is 8.94. The van der Waals surface area contributed by atoms with Crippen molar-refractivity contribution in [3.8, 4) is 0 Å². The average Bonchev–Trinajstić information content (AvgIpc) is 3.06. The second kappa shape index (κ2) is 8.80. The second-order valence-electron chi connectivity index (χ2n) is 4.68. The van der Waals surface area contributed by atoms with Crippen LogP contribution >= 0.6 is 23.1 Å². The number of hydrogen-bond acceptors (Lipinski definition) is 3. The van der Waals surface area contributed by atoms with Crippen molar-refractivity contribution in [2.24, 2.45) is 4.99 Å². The molecular weight excluding hydrogens is 317 g/mol. The van der Waals surface area contributed by atoms with Crippen LogP contribution in [-0.4, -0.2) is 25.3 Å². The van der Waals surface area contributed by atoms with Crippen molar-refractivity contribution in [2.75, 3.05) is 19.3 Å². The van der Waals surface area contributed by atoms with Gasteiger partial charge in [0, 0.05) is 29.1 Å². The monoisotopic (exact) mass is 337 g/mol. The van der Waals surface area contributed by atoms with Gasteiger partial charge >= 0.3 is 0 Å². The molecular formula is C16H20FN3S2. The van der Waals surface area contributed by atoms with Crippen molar-refractivity contribution >= 4 is 29.1 Å². The summed E-state index contributed by atoms with van der Waals surface area (Å²) in [4.78, 5) is 6.58. The lowest BCUT2D eigenvalue weighted by Crippen LogP contribution is -2.39. The van der Waals surface area contributed by atoms with Gasteiger partial charge in [0.25, 0.3) is 0 Å². The summed E-state index contributed by atoms with van der Waals surface area (Å²) in [6.45, 7) is 2.91. The Bertz CT molecular complexity index is 582. The Labute approximate surface area is 139 Å². The highest BCUT2D eigenvalue weighted by atomic mass is 32.2. The maximum absolute atomic E-state index is 12.8. The van der Waals surface area contributed by atoms with Gasteiger partial charge in [-0.15, -0.1) is 23.1 Å². The van der Waals surface area contributed by atoms with E-state index in [9.17, 15) is 4.39 Å². The molecule has 0 radical (unpaired) electrons. The third kappa shape index (κ3) is 5.35. The van der Waals surface area contributed by atoms with Gasteiger partial charge in [-0.3, -0.25) is 4.99 Å². The number of nitrogens with zero attached hydrogens (tertiary/aromatic N) is 1. The quantitative estimate of drug-likeness (QED) is 0.363. The first-order valence-electron chi connectivity index (χ1n) is 7.08. The molecule has 6 heteroatoms. The number of thiophene rings is 1. The van der Waals surface area contributed by atoms with E-state index in [-0.39, 0.29) is 11.9 Å². The minimum absolute atomic E-state index is 0.199. The van der Waals surface area contributed by atoms with E-state index in [1.54, 1.807) is 42.3 Å². The number of rotatable bonds is 6. The fraction of sp³-hybridized carbons (Fsp3) is 0.312. The summed E-state index contributed by atoms with van der Waals surface area (Å²) in [5.41, 5.74) is 0. The minimum Gasteiger partial charge on any atom is -0.356 e. The Balaban J connectivity index is 1.71. The van der Waals surface area contributed by atoms with Gasteiger partial charge in [0.15, 0.2) is 5.96 Å². The van der Waals surface area contributed by atoms with E-state index in [0.29, 0.717) is 0 Å². The number of halogens is 1. The average molecular weight is 337 g/mol. The zero-order valence-corrected chi connectivity index (χ0v) is 14.3. The Morgan fingerprint density at radius 3 is 2.73 bits per heavy atom. The first-order chi connectivity index (χ1) is 10.7. The van der Waals surface area contributed by atoms with E-state index in [2.05, 4.69) is 34.0 Å². The minimum atomic E-state index is -0.199. The van der Waals surface area contributed by atoms with Crippen LogP contribution in [0, 0.1) is 5.82 Å². The maximum atomic E-state index is 12.8. The molecule has 0 saturated heterocycles. The molecule has 2 aromatic rings. The van der Waals surface area contributed by atoms with Crippen molar-refractivity contribution in [1.82, 2.24) is 10.6 Å². The predicted octanol–water partition coefficient (Wildman–Crippen LogP) is 3.91. The summed E-state index contributed by atoms with van der Waals surface area (Å²) in [6.07, 6.45) is 0. The molecule has 1 aromatic carbocycles. The van der Waals surface area contributed by atoms with Crippen LogP contribution in [0.25, 0.3) is 0 Å². The van der Waals surface area contributed by atoms with Crippen LogP contribution in [0.15, 0.2) is 51.7 Å². The number of thioether (sulfide) groups is 1. The smallest absolute Gasteiger partial charge is 0.191 e. The summed E-state index contributed by atoms with van der Waals surface area (Å²) in [7, 11) is 1.77. The van der Waals surface area contributed by atoms with Crippen molar-refractivity contribution in [2.45, 2.75) is 17.9 Å². The normalized spacial score (nSPS) is 13.0. The SMILES string of the molecule is CN=C(NCCSc1ccc(F)cc1)NC(C)c1cccs1. The third-order valence-corrected chi connectivity index (χ3v) is 5.09. The van der Waals surface area contributed by atoms with E-state index >= 15 is 0 Å². The van der Waals surface area contributed by atoms with Gasteiger partial charge in [0.2, 0.25) is 0 Å². The molecule has 1 aromatic heterocycles. The highest BCUT2D eigenvalue weighted by Crippen LogP contribution is 2.18. The van der Waals surface area contributed by atoms with E-state index < -0.39 is 0 Å². The van der Waals surface area contributed by atoms with Gasteiger partial charge in [-0.05, 0) is 42.6 Å². The van der Waals surface area contributed by atoms with E-state index in [1.807, 2.05) is 6.07 Å². The number of nitrogens with one attached hydrogen (secondary N) is 2. The van der Waals surface area contributed by atoms with Gasteiger partial charge < -0.3 is 10.6 Å². The first kappa shape index (κ1) is 16.8. The topological polar surface area (TPSA) is 36.4 Å².